The number of carbonyl (C=O) groups is 1. The Labute approximate surface area is 138 Å². The molecule has 6 nitrogen and oxygen atoms in total. The molecule has 1 atom stereocenters. The third kappa shape index (κ3) is 3.80. The van der Waals surface area contributed by atoms with Crippen molar-refractivity contribution in [2.45, 2.75) is 13.0 Å². The van der Waals surface area contributed by atoms with E-state index in [-0.39, 0.29) is 5.92 Å². The highest BCUT2D eigenvalue weighted by molar-refractivity contribution is 7.15. The van der Waals surface area contributed by atoms with Crippen LogP contribution in [-0.2, 0) is 6.54 Å². The van der Waals surface area contributed by atoms with Crippen molar-refractivity contribution >= 4 is 17.4 Å². The quantitative estimate of drug-likeness (QED) is 0.878. The van der Waals surface area contributed by atoms with Gasteiger partial charge < -0.3 is 20.5 Å². The SMILES string of the molecule is NCc1cnc(-c2ccc(OC[C@H]3CCN(C(=O)O)C3)cc2)s1. The van der Waals surface area contributed by atoms with Gasteiger partial charge in [0.25, 0.3) is 0 Å². The van der Waals surface area contributed by atoms with E-state index in [1.807, 2.05) is 24.3 Å². The van der Waals surface area contributed by atoms with E-state index >= 15 is 0 Å². The maximum atomic E-state index is 10.9. The number of nitrogens with zero attached hydrogens (tertiary/aromatic N) is 2. The topological polar surface area (TPSA) is 88.7 Å². The van der Waals surface area contributed by atoms with Crippen molar-refractivity contribution < 1.29 is 14.6 Å². The second-order valence-corrected chi connectivity index (χ2v) is 6.67. The van der Waals surface area contributed by atoms with Crippen molar-refractivity contribution in [1.82, 2.24) is 9.88 Å². The molecule has 1 aliphatic rings. The molecule has 3 N–H and O–H groups in total. The van der Waals surface area contributed by atoms with Crippen LogP contribution in [0.3, 0.4) is 0 Å². The molecule has 1 aliphatic heterocycles. The minimum Gasteiger partial charge on any atom is -0.493 e. The Hall–Kier alpha value is -2.12. The first-order valence-electron chi connectivity index (χ1n) is 7.51. The molecule has 1 saturated heterocycles. The van der Waals surface area contributed by atoms with E-state index in [1.54, 1.807) is 17.5 Å². The maximum Gasteiger partial charge on any atom is 0.407 e. The van der Waals surface area contributed by atoms with Crippen LogP contribution in [0.5, 0.6) is 5.75 Å². The van der Waals surface area contributed by atoms with E-state index < -0.39 is 6.09 Å². The molecule has 0 aliphatic carbocycles. The fourth-order valence-electron chi connectivity index (χ4n) is 2.59. The maximum absolute atomic E-state index is 10.9. The Kier molecular flexibility index (Phi) is 4.78. The second-order valence-electron chi connectivity index (χ2n) is 5.55. The molecule has 3 rings (SSSR count). The van der Waals surface area contributed by atoms with E-state index in [1.165, 1.54) is 4.90 Å². The molecular formula is C16H19N3O3S. The number of benzene rings is 1. The number of carboxylic acid groups (broad SMARTS) is 1. The lowest BCUT2D eigenvalue weighted by Crippen LogP contribution is -2.27. The van der Waals surface area contributed by atoms with Crippen LogP contribution >= 0.6 is 11.3 Å². The Morgan fingerprint density at radius 2 is 2.22 bits per heavy atom. The van der Waals surface area contributed by atoms with Crippen LogP contribution in [0.1, 0.15) is 11.3 Å². The Morgan fingerprint density at radius 1 is 1.43 bits per heavy atom. The molecule has 0 saturated carbocycles. The standard InChI is InChI=1S/C16H19N3O3S/c17-7-14-8-18-15(23-14)12-1-3-13(4-2-12)22-10-11-5-6-19(9-11)16(20)21/h1-4,8,11H,5-7,9-10,17H2,(H,20,21)/t11-/m0/s1. The highest BCUT2D eigenvalue weighted by Gasteiger charge is 2.26. The molecule has 1 amide bonds. The summed E-state index contributed by atoms with van der Waals surface area (Å²) in [5.74, 6) is 1.05. The number of amides is 1. The number of likely N-dealkylation sites (tertiary alicyclic amines) is 1. The van der Waals surface area contributed by atoms with Gasteiger partial charge in [0, 0.05) is 42.2 Å². The fourth-order valence-corrected chi connectivity index (χ4v) is 3.38. The lowest BCUT2D eigenvalue weighted by atomic mass is 10.1. The van der Waals surface area contributed by atoms with Crippen molar-refractivity contribution in [2.75, 3.05) is 19.7 Å². The van der Waals surface area contributed by atoms with Crippen LogP contribution in [-0.4, -0.2) is 40.8 Å². The average molecular weight is 333 g/mol. The van der Waals surface area contributed by atoms with Gasteiger partial charge in [-0.3, -0.25) is 0 Å². The molecule has 2 aromatic rings. The molecule has 1 aromatic heterocycles. The van der Waals surface area contributed by atoms with Crippen LogP contribution in [0.4, 0.5) is 4.79 Å². The molecular weight excluding hydrogens is 314 g/mol. The summed E-state index contributed by atoms with van der Waals surface area (Å²) in [6.07, 6.45) is 1.81. The van der Waals surface area contributed by atoms with Gasteiger partial charge in [0.05, 0.1) is 6.61 Å². The number of hydrogen-bond acceptors (Lipinski definition) is 5. The number of hydrogen-bond donors (Lipinski definition) is 2. The summed E-state index contributed by atoms with van der Waals surface area (Å²) in [6.45, 7) is 2.19. The monoisotopic (exact) mass is 333 g/mol. The van der Waals surface area contributed by atoms with E-state index in [9.17, 15) is 4.79 Å². The predicted octanol–water partition coefficient (Wildman–Crippen LogP) is 2.65. The van der Waals surface area contributed by atoms with Crippen molar-refractivity contribution in [3.63, 3.8) is 0 Å². The van der Waals surface area contributed by atoms with Gasteiger partial charge in [0.2, 0.25) is 0 Å². The summed E-state index contributed by atoms with van der Waals surface area (Å²) in [4.78, 5) is 17.7. The van der Waals surface area contributed by atoms with Gasteiger partial charge in [-0.1, -0.05) is 0 Å². The molecule has 0 radical (unpaired) electrons. The summed E-state index contributed by atoms with van der Waals surface area (Å²) in [5, 5.41) is 9.90. The Morgan fingerprint density at radius 3 is 2.83 bits per heavy atom. The van der Waals surface area contributed by atoms with Crippen LogP contribution in [0.15, 0.2) is 30.5 Å². The summed E-state index contributed by atoms with van der Waals surface area (Å²) >= 11 is 1.59. The first-order chi connectivity index (χ1) is 11.2. The highest BCUT2D eigenvalue weighted by atomic mass is 32.1. The minimum atomic E-state index is -0.850. The van der Waals surface area contributed by atoms with E-state index in [0.29, 0.717) is 26.2 Å². The molecule has 7 heteroatoms. The van der Waals surface area contributed by atoms with Crippen molar-refractivity contribution in [3.8, 4) is 16.3 Å². The summed E-state index contributed by atoms with van der Waals surface area (Å²) in [6, 6.07) is 7.80. The van der Waals surface area contributed by atoms with Crippen molar-refractivity contribution in [1.29, 1.82) is 0 Å². The molecule has 122 valence electrons. The smallest absolute Gasteiger partial charge is 0.407 e. The first-order valence-corrected chi connectivity index (χ1v) is 8.33. The minimum absolute atomic E-state index is 0.261. The average Bonchev–Trinajstić information content (AvgIpc) is 3.23. The lowest BCUT2D eigenvalue weighted by Gasteiger charge is -2.13. The zero-order valence-corrected chi connectivity index (χ0v) is 13.5. The Bertz CT molecular complexity index is 671. The van der Waals surface area contributed by atoms with Gasteiger partial charge in [-0.2, -0.15) is 0 Å². The number of rotatable bonds is 5. The van der Waals surface area contributed by atoms with Gasteiger partial charge in [-0.15, -0.1) is 11.3 Å². The zero-order chi connectivity index (χ0) is 16.2. The van der Waals surface area contributed by atoms with Gasteiger partial charge in [-0.25, -0.2) is 9.78 Å². The summed E-state index contributed by atoms with van der Waals surface area (Å²) < 4.78 is 5.78. The fraction of sp³-hybridized carbons (Fsp3) is 0.375. The molecule has 0 spiro atoms. The summed E-state index contributed by atoms with van der Waals surface area (Å²) in [7, 11) is 0. The molecule has 0 unspecified atom stereocenters. The van der Waals surface area contributed by atoms with Crippen molar-refractivity contribution in [2.24, 2.45) is 11.7 Å². The van der Waals surface area contributed by atoms with Crippen molar-refractivity contribution in [3.05, 3.63) is 35.3 Å². The predicted molar refractivity (Wildman–Crippen MR) is 88.6 cm³/mol. The molecule has 0 bridgehead atoms. The van der Waals surface area contributed by atoms with E-state index in [4.69, 9.17) is 15.6 Å². The third-order valence-electron chi connectivity index (χ3n) is 3.90. The molecule has 23 heavy (non-hydrogen) atoms. The largest absolute Gasteiger partial charge is 0.493 e. The van der Waals surface area contributed by atoms with Gasteiger partial charge in [0.1, 0.15) is 10.8 Å². The van der Waals surface area contributed by atoms with Gasteiger partial charge in [0.15, 0.2) is 0 Å². The van der Waals surface area contributed by atoms with Gasteiger partial charge in [-0.05, 0) is 30.7 Å². The van der Waals surface area contributed by atoms with E-state index in [2.05, 4.69) is 4.98 Å². The van der Waals surface area contributed by atoms with Crippen LogP contribution in [0, 0.1) is 5.92 Å². The zero-order valence-electron chi connectivity index (χ0n) is 12.6. The summed E-state index contributed by atoms with van der Waals surface area (Å²) in [5.41, 5.74) is 6.64. The number of nitrogens with two attached hydrogens (primary N) is 1. The van der Waals surface area contributed by atoms with Gasteiger partial charge >= 0.3 is 6.09 Å². The molecule has 1 fully saturated rings. The van der Waals surface area contributed by atoms with Crippen LogP contribution in [0.25, 0.3) is 10.6 Å². The second kappa shape index (κ2) is 6.97. The molecule has 1 aromatic carbocycles. The number of thiazole rings is 1. The number of aromatic nitrogens is 1. The van der Waals surface area contributed by atoms with Crippen LogP contribution < -0.4 is 10.5 Å². The third-order valence-corrected chi connectivity index (χ3v) is 4.97. The highest BCUT2D eigenvalue weighted by Crippen LogP contribution is 2.27. The first kappa shape index (κ1) is 15.8. The van der Waals surface area contributed by atoms with Crippen LogP contribution in [0.2, 0.25) is 0 Å². The lowest BCUT2D eigenvalue weighted by molar-refractivity contribution is 0.151. The van der Waals surface area contributed by atoms with E-state index in [0.717, 1.165) is 27.6 Å². The molecule has 2 heterocycles. The Balaban J connectivity index is 1.55. The normalized spacial score (nSPS) is 17.4. The number of ether oxygens (including phenoxy) is 1.